The summed E-state index contributed by atoms with van der Waals surface area (Å²) in [7, 11) is 1.82. The molecule has 1 aromatic carbocycles. The molecule has 15 heavy (non-hydrogen) atoms. The third kappa shape index (κ3) is 2.24. The van der Waals surface area contributed by atoms with Crippen molar-refractivity contribution in [3.63, 3.8) is 0 Å². The molecule has 0 bridgehead atoms. The fraction of sp³-hybridized carbons (Fsp3) is 0.200. The van der Waals surface area contributed by atoms with Gasteiger partial charge in [0.1, 0.15) is 5.69 Å². The lowest BCUT2D eigenvalue weighted by Gasteiger charge is -2.07. The largest absolute Gasteiger partial charge is 0.319 e. The van der Waals surface area contributed by atoms with Crippen molar-refractivity contribution in [2.75, 3.05) is 0 Å². The monoisotopic (exact) mass is 266 g/mol. The first kappa shape index (κ1) is 10.3. The first-order valence-electron chi connectivity index (χ1n) is 4.54. The third-order valence-electron chi connectivity index (χ3n) is 2.17. The summed E-state index contributed by atoms with van der Waals surface area (Å²) in [5, 5.41) is 7.85. The number of benzene rings is 1. The van der Waals surface area contributed by atoms with E-state index in [9.17, 15) is 0 Å². The predicted molar refractivity (Wildman–Crippen MR) is 61.2 cm³/mol. The Bertz CT molecular complexity index is 449. The van der Waals surface area contributed by atoms with Gasteiger partial charge in [-0.1, -0.05) is 33.3 Å². The van der Waals surface area contributed by atoms with Gasteiger partial charge in [-0.15, -0.1) is 5.10 Å². The molecule has 0 saturated carbocycles. The molecule has 78 valence electrons. The highest BCUT2D eigenvalue weighted by Crippen LogP contribution is 2.19. The Hall–Kier alpha value is -1.20. The average molecular weight is 267 g/mol. The molecule has 0 aliphatic heterocycles. The van der Waals surface area contributed by atoms with Gasteiger partial charge in [0.25, 0.3) is 0 Å². The Labute approximate surface area is 96.2 Å². The molecule has 4 nitrogen and oxygen atoms in total. The zero-order valence-corrected chi connectivity index (χ0v) is 9.85. The molecule has 2 N–H and O–H groups in total. The molecular weight excluding hydrogens is 256 g/mol. The molecule has 2 rings (SSSR count). The number of nitrogens with two attached hydrogens (primary N) is 1. The molecule has 2 aromatic rings. The molecule has 1 atom stereocenters. The van der Waals surface area contributed by atoms with Crippen molar-refractivity contribution >= 4 is 15.9 Å². The Morgan fingerprint density at radius 2 is 2.00 bits per heavy atom. The molecule has 0 saturated heterocycles. The fourth-order valence-electron chi connectivity index (χ4n) is 1.35. The van der Waals surface area contributed by atoms with Crippen LogP contribution >= 0.6 is 15.9 Å². The van der Waals surface area contributed by atoms with Crippen molar-refractivity contribution in [1.29, 1.82) is 0 Å². The molecule has 0 fully saturated rings. The van der Waals surface area contributed by atoms with E-state index in [0.29, 0.717) is 0 Å². The highest BCUT2D eigenvalue weighted by atomic mass is 79.9. The van der Waals surface area contributed by atoms with Gasteiger partial charge in [0.05, 0.1) is 12.2 Å². The zero-order chi connectivity index (χ0) is 10.8. The van der Waals surface area contributed by atoms with Gasteiger partial charge < -0.3 is 5.73 Å². The van der Waals surface area contributed by atoms with Gasteiger partial charge in [0.2, 0.25) is 0 Å². The average Bonchev–Trinajstić information content (AvgIpc) is 2.65. The number of nitrogens with zero attached hydrogens (tertiary/aromatic N) is 3. The van der Waals surface area contributed by atoms with E-state index in [-0.39, 0.29) is 6.04 Å². The molecule has 0 aliphatic rings. The van der Waals surface area contributed by atoms with Crippen LogP contribution in [0.2, 0.25) is 0 Å². The van der Waals surface area contributed by atoms with Crippen LogP contribution < -0.4 is 5.73 Å². The number of hydrogen-bond acceptors (Lipinski definition) is 3. The van der Waals surface area contributed by atoms with Crippen molar-refractivity contribution in [3.05, 3.63) is 46.2 Å². The minimum absolute atomic E-state index is 0.216. The third-order valence-corrected chi connectivity index (χ3v) is 2.70. The van der Waals surface area contributed by atoms with Crippen LogP contribution in [0.3, 0.4) is 0 Å². The first-order valence-corrected chi connectivity index (χ1v) is 5.33. The molecule has 1 heterocycles. The van der Waals surface area contributed by atoms with Gasteiger partial charge in [-0.25, -0.2) is 0 Å². The van der Waals surface area contributed by atoms with E-state index in [1.54, 1.807) is 4.68 Å². The van der Waals surface area contributed by atoms with Gasteiger partial charge in [-0.2, -0.15) is 0 Å². The van der Waals surface area contributed by atoms with Crippen LogP contribution in [0.4, 0.5) is 0 Å². The van der Waals surface area contributed by atoms with Crippen molar-refractivity contribution in [1.82, 2.24) is 15.0 Å². The Morgan fingerprint density at radius 3 is 2.53 bits per heavy atom. The first-order chi connectivity index (χ1) is 7.16. The SMILES string of the molecule is Cn1cc([C@@H](N)c2ccc(Br)cc2)nn1. The van der Waals surface area contributed by atoms with Gasteiger partial charge in [-0.05, 0) is 17.7 Å². The van der Waals surface area contributed by atoms with Crippen molar-refractivity contribution in [2.45, 2.75) is 6.04 Å². The van der Waals surface area contributed by atoms with Gasteiger partial charge in [0.15, 0.2) is 0 Å². The summed E-state index contributed by atoms with van der Waals surface area (Å²) >= 11 is 3.38. The second kappa shape index (κ2) is 4.12. The fourth-order valence-corrected chi connectivity index (χ4v) is 1.61. The summed E-state index contributed by atoms with van der Waals surface area (Å²) in [6.45, 7) is 0. The van der Waals surface area contributed by atoms with E-state index >= 15 is 0 Å². The second-order valence-electron chi connectivity index (χ2n) is 3.35. The maximum absolute atomic E-state index is 6.05. The van der Waals surface area contributed by atoms with E-state index in [1.807, 2.05) is 37.5 Å². The molecule has 0 spiro atoms. The summed E-state index contributed by atoms with van der Waals surface area (Å²) in [5.41, 5.74) is 7.85. The molecule has 0 aliphatic carbocycles. The predicted octanol–water partition coefficient (Wildman–Crippen LogP) is 1.63. The number of halogens is 1. The van der Waals surface area contributed by atoms with Crippen LogP contribution in [0, 0.1) is 0 Å². The van der Waals surface area contributed by atoms with E-state index in [4.69, 9.17) is 5.73 Å². The molecule has 5 heteroatoms. The standard InChI is InChI=1S/C10H11BrN4/c1-15-6-9(13-14-15)10(12)7-2-4-8(11)5-3-7/h2-6,10H,12H2,1H3/t10-/m0/s1. The second-order valence-corrected chi connectivity index (χ2v) is 4.26. The van der Waals surface area contributed by atoms with Gasteiger partial charge in [-0.3, -0.25) is 4.68 Å². The Balaban J connectivity index is 2.28. The van der Waals surface area contributed by atoms with Crippen LogP contribution in [0.25, 0.3) is 0 Å². The van der Waals surface area contributed by atoms with Crippen molar-refractivity contribution in [3.8, 4) is 0 Å². The summed E-state index contributed by atoms with van der Waals surface area (Å²) in [4.78, 5) is 0. The maximum atomic E-state index is 6.05. The van der Waals surface area contributed by atoms with Crippen LogP contribution in [0.5, 0.6) is 0 Å². The van der Waals surface area contributed by atoms with Crippen LogP contribution in [0.1, 0.15) is 17.3 Å². The summed E-state index contributed by atoms with van der Waals surface area (Å²) in [6, 6.07) is 7.66. The molecular formula is C10H11BrN4. The highest BCUT2D eigenvalue weighted by Gasteiger charge is 2.11. The smallest absolute Gasteiger partial charge is 0.104 e. The number of aromatic nitrogens is 3. The van der Waals surface area contributed by atoms with Gasteiger partial charge >= 0.3 is 0 Å². The molecule has 0 unspecified atom stereocenters. The van der Waals surface area contributed by atoms with Crippen molar-refractivity contribution in [2.24, 2.45) is 12.8 Å². The van der Waals surface area contributed by atoms with Crippen LogP contribution in [0.15, 0.2) is 34.9 Å². The Morgan fingerprint density at radius 1 is 1.33 bits per heavy atom. The highest BCUT2D eigenvalue weighted by molar-refractivity contribution is 9.10. The Kier molecular flexibility index (Phi) is 2.83. The number of rotatable bonds is 2. The minimum atomic E-state index is -0.216. The molecule has 0 amide bonds. The molecule has 0 radical (unpaired) electrons. The van der Waals surface area contributed by atoms with E-state index < -0.39 is 0 Å². The topological polar surface area (TPSA) is 56.7 Å². The lowest BCUT2D eigenvalue weighted by atomic mass is 10.1. The van der Waals surface area contributed by atoms with Crippen molar-refractivity contribution < 1.29 is 0 Å². The summed E-state index contributed by atoms with van der Waals surface area (Å²) in [6.07, 6.45) is 1.83. The van der Waals surface area contributed by atoms with Gasteiger partial charge in [0, 0.05) is 11.5 Å². The van der Waals surface area contributed by atoms with Crippen LogP contribution in [-0.2, 0) is 7.05 Å². The van der Waals surface area contributed by atoms with E-state index in [0.717, 1.165) is 15.7 Å². The number of hydrogen-bond donors (Lipinski definition) is 1. The van der Waals surface area contributed by atoms with E-state index in [2.05, 4.69) is 26.2 Å². The minimum Gasteiger partial charge on any atom is -0.319 e. The maximum Gasteiger partial charge on any atom is 0.104 e. The summed E-state index contributed by atoms with van der Waals surface area (Å²) in [5.74, 6) is 0. The lowest BCUT2D eigenvalue weighted by Crippen LogP contribution is -2.12. The zero-order valence-electron chi connectivity index (χ0n) is 8.26. The lowest BCUT2D eigenvalue weighted by molar-refractivity contribution is 0.710. The normalized spacial score (nSPS) is 12.7. The van der Waals surface area contributed by atoms with Crippen LogP contribution in [-0.4, -0.2) is 15.0 Å². The number of aryl methyl sites for hydroxylation is 1. The summed E-state index contributed by atoms with van der Waals surface area (Å²) < 4.78 is 2.69. The quantitative estimate of drug-likeness (QED) is 0.899. The molecule has 1 aromatic heterocycles. The van der Waals surface area contributed by atoms with E-state index in [1.165, 1.54) is 0 Å².